The molecule has 12 nitrogen and oxygen atoms in total. The monoisotopic (exact) mass is 738 g/mol. The van der Waals surface area contributed by atoms with Gasteiger partial charge in [-0.25, -0.2) is 0 Å². The van der Waals surface area contributed by atoms with E-state index in [0.29, 0.717) is 13.1 Å². The minimum atomic E-state index is -1.03. The van der Waals surface area contributed by atoms with E-state index in [-0.39, 0.29) is 75.8 Å². The van der Waals surface area contributed by atoms with Gasteiger partial charge >= 0.3 is 5.97 Å². The summed E-state index contributed by atoms with van der Waals surface area (Å²) in [6.45, 7) is 5.90. The van der Waals surface area contributed by atoms with Crippen molar-refractivity contribution in [3.63, 3.8) is 0 Å². The molecule has 0 saturated heterocycles. The summed E-state index contributed by atoms with van der Waals surface area (Å²) in [7, 11) is 0. The van der Waals surface area contributed by atoms with Gasteiger partial charge in [0.25, 0.3) is 0 Å². The summed E-state index contributed by atoms with van der Waals surface area (Å²) in [5.74, 6) is -2.68. The standard InChI is InChI=1S/C40H75N5O7/c1-3-5-7-9-11-13-15-17-19-21-30-41-36(47)28-32-43-35(46)27-26-34(45-38(49)24-23-25-39(50)51)40(52)44-33-29-37(48)42-31-22-20-18-16-14-12-10-8-6-4-2/h34H,3-33H2,1-2H3,(H,41,47)(H,42,48)(H,43,46)(H,44,52)(H,45,49)(H,50,51). The van der Waals surface area contributed by atoms with E-state index in [4.69, 9.17) is 5.11 Å². The van der Waals surface area contributed by atoms with Gasteiger partial charge in [-0.05, 0) is 25.7 Å². The average Bonchev–Trinajstić information content (AvgIpc) is 3.11. The van der Waals surface area contributed by atoms with Gasteiger partial charge in [-0.2, -0.15) is 0 Å². The van der Waals surface area contributed by atoms with E-state index in [2.05, 4.69) is 40.4 Å². The van der Waals surface area contributed by atoms with Gasteiger partial charge in [0.1, 0.15) is 6.04 Å². The third-order valence-electron chi connectivity index (χ3n) is 9.14. The molecule has 0 saturated carbocycles. The van der Waals surface area contributed by atoms with Gasteiger partial charge in [-0.15, -0.1) is 0 Å². The van der Waals surface area contributed by atoms with Gasteiger partial charge < -0.3 is 31.7 Å². The maximum atomic E-state index is 12.9. The van der Waals surface area contributed by atoms with Crippen molar-refractivity contribution in [1.82, 2.24) is 26.6 Å². The topological polar surface area (TPSA) is 183 Å². The lowest BCUT2D eigenvalue weighted by atomic mass is 10.1. The average molecular weight is 738 g/mol. The summed E-state index contributed by atoms with van der Waals surface area (Å²) in [5.41, 5.74) is 0. The van der Waals surface area contributed by atoms with Crippen molar-refractivity contribution in [2.75, 3.05) is 26.2 Å². The van der Waals surface area contributed by atoms with Crippen LogP contribution in [0.3, 0.4) is 0 Å². The number of hydrogen-bond donors (Lipinski definition) is 6. The second-order valence-electron chi connectivity index (χ2n) is 14.1. The number of carbonyl (C=O) groups is 6. The number of amides is 5. The van der Waals surface area contributed by atoms with Crippen LogP contribution in [0, 0.1) is 0 Å². The van der Waals surface area contributed by atoms with Crippen LogP contribution in [0.1, 0.15) is 187 Å². The molecule has 0 aromatic carbocycles. The fourth-order valence-corrected chi connectivity index (χ4v) is 5.89. The maximum absolute atomic E-state index is 12.9. The molecule has 52 heavy (non-hydrogen) atoms. The Labute approximate surface area is 314 Å². The molecule has 302 valence electrons. The van der Waals surface area contributed by atoms with E-state index in [1.54, 1.807) is 0 Å². The zero-order chi connectivity index (χ0) is 38.5. The zero-order valence-corrected chi connectivity index (χ0v) is 32.9. The molecule has 0 heterocycles. The minimum absolute atomic E-state index is 0.0121. The van der Waals surface area contributed by atoms with Crippen LogP contribution < -0.4 is 26.6 Å². The fourth-order valence-electron chi connectivity index (χ4n) is 5.89. The molecule has 0 aromatic heterocycles. The van der Waals surface area contributed by atoms with E-state index in [1.165, 1.54) is 96.3 Å². The van der Waals surface area contributed by atoms with Gasteiger partial charge in [-0.1, -0.05) is 129 Å². The minimum Gasteiger partial charge on any atom is -0.481 e. The van der Waals surface area contributed by atoms with Crippen molar-refractivity contribution in [1.29, 1.82) is 0 Å². The van der Waals surface area contributed by atoms with Gasteiger partial charge in [0.2, 0.25) is 29.5 Å². The van der Waals surface area contributed by atoms with E-state index >= 15 is 0 Å². The molecular formula is C40H75N5O7. The molecule has 0 radical (unpaired) electrons. The molecule has 0 bridgehead atoms. The lowest BCUT2D eigenvalue weighted by Crippen LogP contribution is -2.48. The Hall–Kier alpha value is -3.18. The van der Waals surface area contributed by atoms with Crippen molar-refractivity contribution >= 4 is 35.5 Å². The van der Waals surface area contributed by atoms with Crippen LogP contribution in [0.15, 0.2) is 0 Å². The number of unbranched alkanes of at least 4 members (excludes halogenated alkanes) is 18. The smallest absolute Gasteiger partial charge is 0.303 e. The highest BCUT2D eigenvalue weighted by Gasteiger charge is 2.22. The number of carboxylic acids is 1. The maximum Gasteiger partial charge on any atom is 0.303 e. The van der Waals surface area contributed by atoms with Gasteiger partial charge in [0.15, 0.2) is 0 Å². The summed E-state index contributed by atoms with van der Waals surface area (Å²) in [6.07, 6.45) is 24.5. The first-order valence-corrected chi connectivity index (χ1v) is 20.8. The van der Waals surface area contributed by atoms with E-state index in [0.717, 1.165) is 32.1 Å². The Kier molecular flexibility index (Phi) is 34.0. The van der Waals surface area contributed by atoms with Crippen LogP contribution in [-0.4, -0.2) is 72.8 Å². The van der Waals surface area contributed by atoms with Crippen LogP contribution >= 0.6 is 0 Å². The summed E-state index contributed by atoms with van der Waals surface area (Å²) >= 11 is 0. The molecule has 0 spiro atoms. The van der Waals surface area contributed by atoms with Gasteiger partial charge in [-0.3, -0.25) is 28.8 Å². The molecule has 1 unspecified atom stereocenters. The first kappa shape index (κ1) is 48.8. The van der Waals surface area contributed by atoms with Crippen molar-refractivity contribution in [2.24, 2.45) is 0 Å². The molecule has 0 rings (SSSR count). The Morgan fingerprint density at radius 3 is 1.23 bits per heavy atom. The fraction of sp³-hybridized carbons (Fsp3) is 0.850. The molecule has 0 aliphatic carbocycles. The second kappa shape index (κ2) is 36.2. The quantitative estimate of drug-likeness (QED) is 0.0389. The molecule has 0 fully saturated rings. The normalized spacial score (nSPS) is 11.4. The zero-order valence-electron chi connectivity index (χ0n) is 32.9. The van der Waals surface area contributed by atoms with E-state index in [1.807, 2.05) is 0 Å². The predicted octanol–water partition coefficient (Wildman–Crippen LogP) is 6.59. The van der Waals surface area contributed by atoms with Gasteiger partial charge in [0, 0.05) is 58.3 Å². The van der Waals surface area contributed by atoms with Crippen molar-refractivity contribution < 1.29 is 33.9 Å². The van der Waals surface area contributed by atoms with Crippen molar-refractivity contribution in [2.45, 2.75) is 193 Å². The Morgan fingerprint density at radius 1 is 0.404 bits per heavy atom. The summed E-state index contributed by atoms with van der Waals surface area (Å²) in [5, 5.41) is 22.6. The third-order valence-corrected chi connectivity index (χ3v) is 9.14. The number of aliphatic carboxylic acids is 1. The largest absolute Gasteiger partial charge is 0.481 e. The lowest BCUT2D eigenvalue weighted by molar-refractivity contribution is -0.137. The Morgan fingerprint density at radius 2 is 0.788 bits per heavy atom. The first-order chi connectivity index (χ1) is 25.2. The Bertz CT molecular complexity index is 963. The van der Waals surface area contributed by atoms with Crippen LogP contribution in [0.5, 0.6) is 0 Å². The molecule has 12 heteroatoms. The summed E-state index contributed by atoms with van der Waals surface area (Å²) in [6, 6.07) is -1.03. The van der Waals surface area contributed by atoms with Crippen molar-refractivity contribution in [3.05, 3.63) is 0 Å². The second-order valence-corrected chi connectivity index (χ2v) is 14.1. The number of carboxylic acid groups (broad SMARTS) is 1. The summed E-state index contributed by atoms with van der Waals surface area (Å²) < 4.78 is 0. The molecule has 6 N–H and O–H groups in total. The van der Waals surface area contributed by atoms with E-state index < -0.39 is 23.8 Å². The molecule has 5 amide bonds. The molecule has 1 atom stereocenters. The lowest BCUT2D eigenvalue weighted by Gasteiger charge is -2.18. The number of carbonyl (C=O) groups excluding carboxylic acids is 5. The van der Waals surface area contributed by atoms with Crippen LogP contribution in [0.25, 0.3) is 0 Å². The number of nitrogens with one attached hydrogen (secondary N) is 5. The highest BCUT2D eigenvalue weighted by molar-refractivity contribution is 5.89. The summed E-state index contributed by atoms with van der Waals surface area (Å²) in [4.78, 5) is 73.1. The van der Waals surface area contributed by atoms with Crippen LogP contribution in [0.4, 0.5) is 0 Å². The number of hydrogen-bond acceptors (Lipinski definition) is 6. The Balaban J connectivity index is 4.33. The van der Waals surface area contributed by atoms with Crippen molar-refractivity contribution in [3.8, 4) is 0 Å². The SMILES string of the molecule is CCCCCCCCCCCCNC(=O)CCNC(=O)CCC(NC(=O)CCCC(=O)O)C(=O)NCCC(=O)NCCCCCCCCCCCC. The first-order valence-electron chi connectivity index (χ1n) is 20.8. The van der Waals surface area contributed by atoms with Crippen LogP contribution in [0.2, 0.25) is 0 Å². The molecule has 0 aromatic rings. The predicted molar refractivity (Wildman–Crippen MR) is 208 cm³/mol. The van der Waals surface area contributed by atoms with Gasteiger partial charge in [0.05, 0.1) is 0 Å². The molecule has 0 aliphatic rings. The highest BCUT2D eigenvalue weighted by atomic mass is 16.4. The van der Waals surface area contributed by atoms with E-state index in [9.17, 15) is 28.8 Å². The molecule has 0 aliphatic heterocycles. The highest BCUT2D eigenvalue weighted by Crippen LogP contribution is 2.11. The van der Waals surface area contributed by atoms with Crippen LogP contribution in [-0.2, 0) is 28.8 Å². The third kappa shape index (κ3) is 33.9. The molecular weight excluding hydrogens is 662 g/mol. The number of rotatable bonds is 37.